The summed E-state index contributed by atoms with van der Waals surface area (Å²) in [4.78, 5) is 40.9. The molecular weight excluding hydrogens is 430 g/mol. The minimum atomic E-state index is -0.497. The molecule has 0 radical (unpaired) electrons. The van der Waals surface area contributed by atoms with Gasteiger partial charge in [-0.2, -0.15) is 0 Å². The average molecular weight is 470 g/mol. The number of benzene rings is 1. The smallest absolute Gasteiger partial charge is 0.323 e. The van der Waals surface area contributed by atoms with Crippen molar-refractivity contribution in [1.82, 2.24) is 14.8 Å². The number of pyridine rings is 1. The molecule has 1 unspecified atom stereocenters. The molecule has 0 saturated carbocycles. The van der Waals surface area contributed by atoms with Crippen molar-refractivity contribution < 1.29 is 14.3 Å². The first-order valence-electron chi connectivity index (χ1n) is 12.3. The number of aryl methyl sites for hydroxylation is 1. The zero-order chi connectivity index (χ0) is 25.2. The van der Waals surface area contributed by atoms with Crippen molar-refractivity contribution in [2.24, 2.45) is 13.0 Å². The van der Waals surface area contributed by atoms with Crippen LogP contribution in [0.5, 0.6) is 0 Å². The van der Waals surface area contributed by atoms with Gasteiger partial charge < -0.3 is 14.6 Å². The van der Waals surface area contributed by atoms with E-state index in [-0.39, 0.29) is 35.0 Å². The lowest BCUT2D eigenvalue weighted by atomic mass is 9.92. The predicted molar refractivity (Wildman–Crippen MR) is 135 cm³/mol. The maximum Gasteiger partial charge on any atom is 0.323 e. The molecule has 1 saturated heterocycles. The summed E-state index contributed by atoms with van der Waals surface area (Å²) >= 11 is 0. The molecule has 0 aliphatic carbocycles. The molecule has 7 heteroatoms. The van der Waals surface area contributed by atoms with E-state index in [1.54, 1.807) is 11.6 Å². The Labute approximate surface area is 202 Å². The van der Waals surface area contributed by atoms with E-state index in [1.165, 1.54) is 0 Å². The highest BCUT2D eigenvalue weighted by Gasteiger charge is 2.30. The number of rotatable bonds is 6. The molecule has 1 aromatic heterocycles. The highest BCUT2D eigenvalue weighted by molar-refractivity contribution is 6.00. The van der Waals surface area contributed by atoms with Gasteiger partial charge in [0.15, 0.2) is 0 Å². The number of hydrogen-bond acceptors (Lipinski definition) is 5. The van der Waals surface area contributed by atoms with Crippen LogP contribution in [0.2, 0.25) is 0 Å². The van der Waals surface area contributed by atoms with Crippen LogP contribution in [0.3, 0.4) is 0 Å². The van der Waals surface area contributed by atoms with Crippen LogP contribution in [0.1, 0.15) is 76.2 Å². The van der Waals surface area contributed by atoms with Crippen LogP contribution < -0.4 is 10.9 Å². The third-order valence-corrected chi connectivity index (χ3v) is 6.64. The van der Waals surface area contributed by atoms with E-state index in [2.05, 4.69) is 10.2 Å². The molecule has 1 amide bonds. The summed E-state index contributed by atoms with van der Waals surface area (Å²) in [5.74, 6) is -0.165. The Kier molecular flexibility index (Phi) is 7.86. The van der Waals surface area contributed by atoms with E-state index < -0.39 is 5.60 Å². The number of fused-ring (bicyclic) bond motifs is 1. The molecule has 1 aliphatic heterocycles. The number of nitrogens with one attached hydrogen (secondary N) is 1. The van der Waals surface area contributed by atoms with Gasteiger partial charge >= 0.3 is 5.97 Å². The van der Waals surface area contributed by atoms with Crippen molar-refractivity contribution in [3.8, 4) is 0 Å². The van der Waals surface area contributed by atoms with Gasteiger partial charge in [-0.1, -0.05) is 32.0 Å². The highest BCUT2D eigenvalue weighted by atomic mass is 16.6. The maximum absolute atomic E-state index is 13.2. The van der Waals surface area contributed by atoms with Crippen LogP contribution >= 0.6 is 0 Å². The fourth-order valence-corrected chi connectivity index (χ4v) is 4.75. The van der Waals surface area contributed by atoms with Gasteiger partial charge in [-0.25, -0.2) is 0 Å². The summed E-state index contributed by atoms with van der Waals surface area (Å²) in [6, 6.07) is 7.44. The summed E-state index contributed by atoms with van der Waals surface area (Å²) in [5.41, 5.74) is 1.12. The van der Waals surface area contributed by atoms with Gasteiger partial charge in [0, 0.05) is 19.0 Å². The van der Waals surface area contributed by atoms with E-state index >= 15 is 0 Å². The van der Waals surface area contributed by atoms with Gasteiger partial charge in [-0.05, 0) is 77.1 Å². The number of piperidine rings is 1. The molecule has 34 heavy (non-hydrogen) atoms. The Morgan fingerprint density at radius 2 is 1.74 bits per heavy atom. The van der Waals surface area contributed by atoms with Gasteiger partial charge in [-0.3, -0.25) is 19.3 Å². The van der Waals surface area contributed by atoms with Crippen LogP contribution in [0.25, 0.3) is 10.9 Å². The Bertz CT molecular complexity index is 1110. The molecule has 1 aliphatic rings. The molecule has 1 fully saturated rings. The van der Waals surface area contributed by atoms with Crippen molar-refractivity contribution in [1.29, 1.82) is 0 Å². The first-order valence-corrected chi connectivity index (χ1v) is 12.3. The molecule has 2 heterocycles. The lowest BCUT2D eigenvalue weighted by Crippen LogP contribution is -2.47. The van der Waals surface area contributed by atoms with E-state index in [1.807, 2.05) is 65.8 Å². The first-order chi connectivity index (χ1) is 15.9. The van der Waals surface area contributed by atoms with Gasteiger partial charge in [0.25, 0.3) is 11.5 Å². The minimum Gasteiger partial charge on any atom is -0.459 e. The number of nitrogens with zero attached hydrogens (tertiary/aromatic N) is 2. The number of carbonyl (C=O) groups is 2. The zero-order valence-electron chi connectivity index (χ0n) is 21.6. The fourth-order valence-electron chi connectivity index (χ4n) is 4.75. The topological polar surface area (TPSA) is 80.6 Å². The summed E-state index contributed by atoms with van der Waals surface area (Å²) in [5, 5.41) is 3.97. The van der Waals surface area contributed by atoms with Crippen molar-refractivity contribution in [2.45, 2.75) is 71.9 Å². The number of aromatic nitrogens is 1. The number of amides is 1. The number of likely N-dealkylation sites (tertiary alicyclic amines) is 1. The van der Waals surface area contributed by atoms with Gasteiger partial charge in [0.05, 0.1) is 5.52 Å². The number of para-hydroxylation sites is 1. The first kappa shape index (κ1) is 25.9. The number of hydrogen-bond donors (Lipinski definition) is 1. The maximum atomic E-state index is 13.2. The molecule has 2 aromatic rings. The van der Waals surface area contributed by atoms with Crippen molar-refractivity contribution in [2.75, 3.05) is 19.6 Å². The molecule has 186 valence electrons. The summed E-state index contributed by atoms with van der Waals surface area (Å²) < 4.78 is 7.08. The largest absolute Gasteiger partial charge is 0.459 e. The molecule has 1 N–H and O–H groups in total. The van der Waals surface area contributed by atoms with Crippen molar-refractivity contribution in [3.63, 3.8) is 0 Å². The summed E-state index contributed by atoms with van der Waals surface area (Å²) in [6.07, 6.45) is 1.75. The van der Waals surface area contributed by atoms with Crippen LogP contribution in [0, 0.1) is 5.92 Å². The van der Waals surface area contributed by atoms with Gasteiger partial charge in [-0.15, -0.1) is 0 Å². The standard InChI is InChI=1S/C27H39N3O4/c1-17(2)22-20-10-8-9-11-21(20)29(7)25(32)23(22)24(31)28-16-19-12-14-30(15-13-19)18(3)26(33)34-27(4,5)6/h8-11,17-19H,12-16H2,1-7H3,(H,28,31). The number of ether oxygens (including phenoxy) is 1. The second kappa shape index (κ2) is 10.3. The molecule has 0 spiro atoms. The van der Waals surface area contributed by atoms with Gasteiger partial charge in [0.2, 0.25) is 0 Å². The summed E-state index contributed by atoms with van der Waals surface area (Å²) in [6.45, 7) is 13.6. The van der Waals surface area contributed by atoms with Crippen molar-refractivity contribution >= 4 is 22.8 Å². The SMILES string of the molecule is CC(C)c1c(C(=O)NCC2CCN(C(C)C(=O)OC(C)(C)C)CC2)c(=O)n(C)c2ccccc12. The quantitative estimate of drug-likeness (QED) is 0.651. The minimum absolute atomic E-state index is 0.0390. The van der Waals surface area contributed by atoms with Crippen molar-refractivity contribution in [3.05, 3.63) is 45.7 Å². The summed E-state index contributed by atoms with van der Waals surface area (Å²) in [7, 11) is 1.72. The third kappa shape index (κ3) is 5.69. The fraction of sp³-hybridized carbons (Fsp3) is 0.593. The lowest BCUT2D eigenvalue weighted by molar-refractivity contribution is -0.161. The zero-order valence-corrected chi connectivity index (χ0v) is 21.6. The normalized spacial score (nSPS) is 16.6. The molecule has 7 nitrogen and oxygen atoms in total. The van der Waals surface area contributed by atoms with Crippen LogP contribution in [-0.4, -0.2) is 52.6 Å². The lowest BCUT2D eigenvalue weighted by Gasteiger charge is -2.36. The molecular formula is C27H39N3O4. The average Bonchev–Trinajstić information content (AvgIpc) is 2.78. The van der Waals surface area contributed by atoms with Crippen LogP contribution in [0.4, 0.5) is 0 Å². The Hall–Kier alpha value is -2.67. The number of carbonyl (C=O) groups excluding carboxylic acids is 2. The molecule has 1 aromatic carbocycles. The molecule has 0 bridgehead atoms. The second-order valence-corrected chi connectivity index (χ2v) is 10.7. The van der Waals surface area contributed by atoms with E-state index in [9.17, 15) is 14.4 Å². The Balaban J connectivity index is 1.66. The third-order valence-electron chi connectivity index (χ3n) is 6.64. The van der Waals surface area contributed by atoms with E-state index in [0.717, 1.165) is 42.4 Å². The Morgan fingerprint density at radius 3 is 2.32 bits per heavy atom. The monoisotopic (exact) mass is 469 g/mol. The van der Waals surface area contributed by atoms with E-state index in [0.29, 0.717) is 12.5 Å². The molecule has 1 atom stereocenters. The van der Waals surface area contributed by atoms with Crippen LogP contribution in [0.15, 0.2) is 29.1 Å². The second-order valence-electron chi connectivity index (χ2n) is 10.7. The van der Waals surface area contributed by atoms with E-state index in [4.69, 9.17) is 4.74 Å². The number of esters is 1. The Morgan fingerprint density at radius 1 is 1.12 bits per heavy atom. The highest BCUT2D eigenvalue weighted by Crippen LogP contribution is 2.27. The molecule has 3 rings (SSSR count). The van der Waals surface area contributed by atoms with Gasteiger partial charge in [0.1, 0.15) is 17.2 Å². The predicted octanol–water partition coefficient (Wildman–Crippen LogP) is 3.83. The van der Waals surface area contributed by atoms with Crippen LogP contribution in [-0.2, 0) is 16.6 Å².